The maximum absolute atomic E-state index is 13.1. The number of morpholine rings is 1. The van der Waals surface area contributed by atoms with Crippen molar-refractivity contribution in [3.63, 3.8) is 0 Å². The highest BCUT2D eigenvalue weighted by atomic mass is 127. The van der Waals surface area contributed by atoms with E-state index in [2.05, 4.69) is 25.1 Å². The Morgan fingerprint density at radius 1 is 1.23 bits per heavy atom. The van der Waals surface area contributed by atoms with Crippen LogP contribution in [0.4, 0.5) is 4.39 Å². The Balaban J connectivity index is 0.00000272. The number of guanidine groups is 1. The van der Waals surface area contributed by atoms with Crippen LogP contribution in [-0.4, -0.2) is 73.2 Å². The first kappa shape index (κ1) is 23.7. The number of rotatable bonds is 5. The van der Waals surface area contributed by atoms with Crippen molar-refractivity contribution >= 4 is 29.9 Å². The van der Waals surface area contributed by atoms with Gasteiger partial charge in [0.25, 0.3) is 0 Å². The van der Waals surface area contributed by atoms with Crippen LogP contribution in [0.15, 0.2) is 47.6 Å². The predicted molar refractivity (Wildman–Crippen MR) is 129 cm³/mol. The maximum atomic E-state index is 13.1. The van der Waals surface area contributed by atoms with Crippen LogP contribution < -0.4 is 10.1 Å². The Kier molecular flexibility index (Phi) is 8.85. The third-order valence-corrected chi connectivity index (χ3v) is 5.52. The molecule has 1 N–H and O–H groups in total. The van der Waals surface area contributed by atoms with Crippen LogP contribution >= 0.6 is 24.0 Å². The van der Waals surface area contributed by atoms with Gasteiger partial charge in [-0.3, -0.25) is 9.89 Å². The van der Waals surface area contributed by atoms with E-state index in [0.29, 0.717) is 24.2 Å². The molecule has 1 aromatic carbocycles. The molecule has 2 aromatic rings. The molecule has 9 heteroatoms. The molecule has 7 nitrogen and oxygen atoms in total. The summed E-state index contributed by atoms with van der Waals surface area (Å²) in [5, 5.41) is 3.45. The van der Waals surface area contributed by atoms with Crippen molar-refractivity contribution in [2.75, 3.05) is 46.4 Å². The number of benzene rings is 1. The number of ether oxygens (including phenoxy) is 2. The zero-order valence-electron chi connectivity index (χ0n) is 17.7. The van der Waals surface area contributed by atoms with Gasteiger partial charge >= 0.3 is 0 Å². The second-order valence-electron chi connectivity index (χ2n) is 7.50. The number of halogens is 2. The average Bonchev–Trinajstić information content (AvgIpc) is 3.27. The van der Waals surface area contributed by atoms with E-state index in [4.69, 9.17) is 9.47 Å². The molecule has 0 saturated carbocycles. The van der Waals surface area contributed by atoms with Crippen molar-refractivity contribution in [3.05, 3.63) is 54.0 Å². The van der Waals surface area contributed by atoms with Crippen molar-refractivity contribution in [1.82, 2.24) is 20.1 Å². The molecule has 1 atom stereocenters. The molecule has 0 radical (unpaired) electrons. The fraction of sp³-hybridized carbons (Fsp3) is 0.455. The summed E-state index contributed by atoms with van der Waals surface area (Å²) < 4.78 is 24.3. The summed E-state index contributed by atoms with van der Waals surface area (Å²) >= 11 is 0. The molecule has 2 saturated heterocycles. The van der Waals surface area contributed by atoms with Crippen LogP contribution in [0.25, 0.3) is 0 Å². The Labute approximate surface area is 199 Å². The van der Waals surface area contributed by atoms with E-state index in [-0.39, 0.29) is 29.8 Å². The summed E-state index contributed by atoms with van der Waals surface area (Å²) in [6.07, 6.45) is 2.86. The average molecular weight is 541 g/mol. The lowest BCUT2D eigenvalue weighted by molar-refractivity contribution is 0.0195. The molecule has 4 rings (SSSR count). The van der Waals surface area contributed by atoms with Crippen LogP contribution in [0.1, 0.15) is 12.0 Å². The highest BCUT2D eigenvalue weighted by Gasteiger charge is 2.30. The molecule has 2 aliphatic heterocycles. The SMILES string of the molecule is CN=C(NCc1ccnc(Oc2ccc(F)cc2)c1)N1CCC(N2CCOCC2)C1.I. The minimum absolute atomic E-state index is 0. The summed E-state index contributed by atoms with van der Waals surface area (Å²) in [7, 11) is 1.82. The molecule has 2 fully saturated rings. The van der Waals surface area contributed by atoms with Gasteiger partial charge in [-0.25, -0.2) is 9.37 Å². The van der Waals surface area contributed by atoms with E-state index in [9.17, 15) is 4.39 Å². The highest BCUT2D eigenvalue weighted by molar-refractivity contribution is 14.0. The van der Waals surface area contributed by atoms with Gasteiger partial charge < -0.3 is 19.7 Å². The lowest BCUT2D eigenvalue weighted by Gasteiger charge is -2.32. The van der Waals surface area contributed by atoms with Crippen LogP contribution in [0.2, 0.25) is 0 Å². The zero-order valence-corrected chi connectivity index (χ0v) is 20.0. The topological polar surface area (TPSA) is 62.2 Å². The molecule has 0 spiro atoms. The molecule has 2 aliphatic rings. The molecule has 3 heterocycles. The van der Waals surface area contributed by atoms with E-state index in [1.807, 2.05) is 19.2 Å². The van der Waals surface area contributed by atoms with E-state index in [1.165, 1.54) is 12.1 Å². The summed E-state index contributed by atoms with van der Waals surface area (Å²) in [4.78, 5) is 13.6. The maximum Gasteiger partial charge on any atom is 0.219 e. The van der Waals surface area contributed by atoms with E-state index in [0.717, 1.165) is 57.3 Å². The van der Waals surface area contributed by atoms with E-state index < -0.39 is 0 Å². The monoisotopic (exact) mass is 541 g/mol. The normalized spacial score (nSPS) is 19.7. The van der Waals surface area contributed by atoms with Gasteiger partial charge in [0.15, 0.2) is 5.96 Å². The molecule has 0 amide bonds. The van der Waals surface area contributed by atoms with Crippen molar-refractivity contribution < 1.29 is 13.9 Å². The molecule has 1 aromatic heterocycles. The van der Waals surface area contributed by atoms with Crippen molar-refractivity contribution in [2.24, 2.45) is 4.99 Å². The minimum atomic E-state index is -0.294. The summed E-state index contributed by atoms with van der Waals surface area (Å²) in [5.41, 5.74) is 1.03. The highest BCUT2D eigenvalue weighted by Crippen LogP contribution is 2.21. The predicted octanol–water partition coefficient (Wildman–Crippen LogP) is 3.11. The van der Waals surface area contributed by atoms with Crippen molar-refractivity contribution in [3.8, 4) is 11.6 Å². The standard InChI is InChI=1S/C22H28FN5O2.HI/c1-24-22(28-9-7-19(16-28)27-10-12-29-13-11-27)26-15-17-6-8-25-21(14-17)30-20-4-2-18(23)3-5-20;/h2-6,8,14,19H,7,9-13,15-16H2,1H3,(H,24,26);1H. The molecule has 168 valence electrons. The van der Waals surface area contributed by atoms with Gasteiger partial charge in [-0.15, -0.1) is 24.0 Å². The number of nitrogens with one attached hydrogen (secondary N) is 1. The summed E-state index contributed by atoms with van der Waals surface area (Å²) in [6.45, 7) is 6.28. The number of pyridine rings is 1. The number of likely N-dealkylation sites (tertiary alicyclic amines) is 1. The minimum Gasteiger partial charge on any atom is -0.439 e. The molecule has 0 bridgehead atoms. The number of nitrogens with zero attached hydrogens (tertiary/aromatic N) is 4. The van der Waals surface area contributed by atoms with Crippen LogP contribution in [0, 0.1) is 5.82 Å². The number of aliphatic imine (C=N–C) groups is 1. The first-order chi connectivity index (χ1) is 14.7. The Hall–Kier alpha value is -1.98. The fourth-order valence-electron chi connectivity index (χ4n) is 3.93. The van der Waals surface area contributed by atoms with Gasteiger partial charge in [-0.05, 0) is 42.3 Å². The smallest absolute Gasteiger partial charge is 0.219 e. The van der Waals surface area contributed by atoms with Gasteiger partial charge in [0.2, 0.25) is 5.88 Å². The largest absolute Gasteiger partial charge is 0.439 e. The van der Waals surface area contributed by atoms with Gasteiger partial charge in [0.1, 0.15) is 11.6 Å². The lowest BCUT2D eigenvalue weighted by atomic mass is 10.2. The van der Waals surface area contributed by atoms with Crippen LogP contribution in [0.5, 0.6) is 11.6 Å². The first-order valence-corrected chi connectivity index (χ1v) is 10.4. The van der Waals surface area contributed by atoms with Gasteiger partial charge in [-0.2, -0.15) is 0 Å². The van der Waals surface area contributed by atoms with Gasteiger partial charge in [-0.1, -0.05) is 0 Å². The number of hydrogen-bond donors (Lipinski definition) is 1. The first-order valence-electron chi connectivity index (χ1n) is 10.4. The Morgan fingerprint density at radius 3 is 2.74 bits per heavy atom. The van der Waals surface area contributed by atoms with Crippen LogP contribution in [-0.2, 0) is 11.3 Å². The summed E-state index contributed by atoms with van der Waals surface area (Å²) in [5.74, 6) is 1.64. The molecule has 0 aliphatic carbocycles. The zero-order chi connectivity index (χ0) is 20.8. The van der Waals surface area contributed by atoms with E-state index in [1.54, 1.807) is 18.3 Å². The van der Waals surface area contributed by atoms with E-state index >= 15 is 0 Å². The van der Waals surface area contributed by atoms with Crippen molar-refractivity contribution in [2.45, 2.75) is 19.0 Å². The number of aromatic nitrogens is 1. The second kappa shape index (κ2) is 11.6. The van der Waals surface area contributed by atoms with Crippen molar-refractivity contribution in [1.29, 1.82) is 0 Å². The molecule has 31 heavy (non-hydrogen) atoms. The van der Waals surface area contributed by atoms with Gasteiger partial charge in [0.05, 0.1) is 13.2 Å². The molecular formula is C22H29FIN5O2. The van der Waals surface area contributed by atoms with Gasteiger partial charge in [0, 0.05) is 58.1 Å². The molecule has 1 unspecified atom stereocenters. The Morgan fingerprint density at radius 2 is 2.00 bits per heavy atom. The number of hydrogen-bond acceptors (Lipinski definition) is 5. The third-order valence-electron chi connectivity index (χ3n) is 5.52. The summed E-state index contributed by atoms with van der Waals surface area (Å²) in [6, 6.07) is 10.3. The van der Waals surface area contributed by atoms with Crippen LogP contribution in [0.3, 0.4) is 0 Å². The quantitative estimate of drug-likeness (QED) is 0.357. The molecular weight excluding hydrogens is 512 g/mol. The lowest BCUT2D eigenvalue weighted by Crippen LogP contribution is -2.46. The second-order valence-corrected chi connectivity index (χ2v) is 7.50. The fourth-order valence-corrected chi connectivity index (χ4v) is 3.93. The third kappa shape index (κ3) is 6.50. The Bertz CT molecular complexity index is 861.